The molecule has 1 rings (SSSR count). The summed E-state index contributed by atoms with van der Waals surface area (Å²) in [4.78, 5) is 24.0. The number of alkyl halides is 1. The van der Waals surface area contributed by atoms with Crippen LogP contribution in [0, 0.1) is 0 Å². The van der Waals surface area contributed by atoms with Crippen LogP contribution in [0.1, 0.15) is 160 Å². The zero-order chi connectivity index (χ0) is 44.4. The topological polar surface area (TPSA) is 244 Å². The van der Waals surface area contributed by atoms with Gasteiger partial charge in [0.05, 0.1) is 61.7 Å². The molecule has 0 radical (unpaired) electrons. The van der Waals surface area contributed by atoms with E-state index in [-0.39, 0.29) is 63.7 Å². The Morgan fingerprint density at radius 1 is 0.700 bits per heavy atom. The molecule has 8 atom stereocenters. The number of benzene rings is 1. The number of nitrogens with one attached hydrogen (secondary N) is 2. The lowest BCUT2D eigenvalue weighted by Gasteiger charge is -2.23. The Morgan fingerprint density at radius 2 is 1.25 bits per heavy atom. The number of unbranched alkanes of at least 4 members (excludes halogenated alkanes) is 13. The van der Waals surface area contributed by atoms with Crippen LogP contribution < -0.4 is 21.1 Å². The molecule has 0 aliphatic rings. The number of amides is 2. The smallest absolute Gasteiger partial charge is 0.248 e. The lowest BCUT2D eigenvalue weighted by Crippen LogP contribution is -2.41. The summed E-state index contributed by atoms with van der Waals surface area (Å²) in [5.41, 5.74) is 6.12. The highest BCUT2D eigenvalue weighted by Gasteiger charge is 2.25. The third-order valence-corrected chi connectivity index (χ3v) is 11.3. The van der Waals surface area contributed by atoms with Gasteiger partial charge in [-0.2, -0.15) is 0 Å². The number of hydrogen-bond acceptors (Lipinski definition) is 12. The molecule has 0 spiro atoms. The molecule has 0 heterocycles. The molecule has 0 fully saturated rings. The van der Waals surface area contributed by atoms with Crippen LogP contribution in [0.15, 0.2) is 24.3 Å². The van der Waals surface area contributed by atoms with E-state index in [9.17, 15) is 40.2 Å². The second kappa shape index (κ2) is 36.4. The molecule has 0 aliphatic carbocycles. The maximum Gasteiger partial charge on any atom is 0.248 e. The van der Waals surface area contributed by atoms with E-state index in [4.69, 9.17) is 31.9 Å². The molecule has 1 aromatic carbocycles. The summed E-state index contributed by atoms with van der Waals surface area (Å²) in [7, 11) is 0. The van der Waals surface area contributed by atoms with Gasteiger partial charge in [0.25, 0.3) is 0 Å². The van der Waals surface area contributed by atoms with Crippen molar-refractivity contribution in [2.45, 2.75) is 196 Å². The number of rotatable bonds is 40. The molecule has 0 saturated heterocycles. The second-order valence-electron chi connectivity index (χ2n) is 16.3. The summed E-state index contributed by atoms with van der Waals surface area (Å²) in [6, 6.07) is 5.68. The van der Waals surface area contributed by atoms with Crippen molar-refractivity contribution in [1.82, 2.24) is 10.6 Å². The van der Waals surface area contributed by atoms with Crippen LogP contribution >= 0.6 is 11.6 Å². The first kappa shape index (κ1) is 55.9. The van der Waals surface area contributed by atoms with Crippen molar-refractivity contribution in [2.24, 2.45) is 5.73 Å². The van der Waals surface area contributed by atoms with Gasteiger partial charge in [-0.25, -0.2) is 0 Å². The van der Waals surface area contributed by atoms with Crippen molar-refractivity contribution in [3.05, 3.63) is 29.8 Å². The number of hydrogen-bond donors (Lipinski definition) is 10. The van der Waals surface area contributed by atoms with Crippen molar-refractivity contribution in [2.75, 3.05) is 39.6 Å². The van der Waals surface area contributed by atoms with Gasteiger partial charge < -0.3 is 61.6 Å². The van der Waals surface area contributed by atoms with Gasteiger partial charge in [0.2, 0.25) is 11.8 Å². The van der Waals surface area contributed by atoms with Gasteiger partial charge in [-0.15, -0.1) is 11.6 Å². The highest BCUT2D eigenvalue weighted by molar-refractivity contribution is 6.21. The number of nitrogens with two attached hydrogens (primary N) is 1. The molecular weight excluding hydrogens is 794 g/mol. The molecule has 11 N–H and O–H groups in total. The summed E-state index contributed by atoms with van der Waals surface area (Å²) in [6.07, 6.45) is 15.0. The van der Waals surface area contributed by atoms with Crippen LogP contribution in [0.2, 0.25) is 0 Å². The molecule has 0 saturated carbocycles. The fourth-order valence-corrected chi connectivity index (χ4v) is 7.12. The summed E-state index contributed by atoms with van der Waals surface area (Å²) < 4.78 is 11.1. The Hall–Kier alpha value is -2.11. The monoisotopic (exact) mass is 876 g/mol. The fourth-order valence-electron chi connectivity index (χ4n) is 6.80. The van der Waals surface area contributed by atoms with Crippen LogP contribution in [0.5, 0.6) is 5.75 Å². The first-order valence-corrected chi connectivity index (χ1v) is 23.2. The van der Waals surface area contributed by atoms with E-state index in [0.29, 0.717) is 37.4 Å². The van der Waals surface area contributed by atoms with Crippen molar-refractivity contribution in [3.63, 3.8) is 0 Å². The van der Waals surface area contributed by atoms with Crippen LogP contribution in [-0.4, -0.2) is 129 Å². The van der Waals surface area contributed by atoms with E-state index in [1.807, 2.05) is 0 Å². The second-order valence-corrected chi connectivity index (χ2v) is 16.9. The number of aliphatic hydroxyl groups is 7. The van der Waals surface area contributed by atoms with E-state index >= 15 is 0 Å². The van der Waals surface area contributed by atoms with E-state index < -0.39 is 41.7 Å². The molecule has 0 aromatic heterocycles. The van der Waals surface area contributed by atoms with Crippen LogP contribution in [0.4, 0.5) is 0 Å². The fraction of sp³-hybridized carbons (Fsp3) is 0.822. The normalized spacial score (nSPS) is 15.7. The molecule has 14 nitrogen and oxygen atoms in total. The summed E-state index contributed by atoms with van der Waals surface area (Å²) in [5, 5.41) is 75.1. The minimum Gasteiger partial charge on any atom is -0.491 e. The van der Waals surface area contributed by atoms with E-state index in [2.05, 4.69) is 10.6 Å². The summed E-state index contributed by atoms with van der Waals surface area (Å²) in [6.45, 7) is 2.49. The predicted octanol–water partition coefficient (Wildman–Crippen LogP) is 4.68. The van der Waals surface area contributed by atoms with E-state index in [1.165, 1.54) is 51.4 Å². The highest BCUT2D eigenvalue weighted by Crippen LogP contribution is 2.21. The number of ether oxygens (including phenoxy) is 2. The SMILES string of the molecule is CCC(=O)N[C@@H](CO)COc1ccc([C@@H](O)CNC(=O)[C@@H](O)CCC[C@H](O)[C@@H](O)[C@H](Cl)CCCCCCC[C@H](O)CCCCCCCCCCCCOC[C@H](N)CO)cc1. The Labute approximate surface area is 365 Å². The average Bonchev–Trinajstić information content (AvgIpc) is 3.25. The Kier molecular flexibility index (Phi) is 33.9. The minimum absolute atomic E-state index is 0.0369. The lowest BCUT2D eigenvalue weighted by molar-refractivity contribution is -0.130. The zero-order valence-electron chi connectivity index (χ0n) is 36.4. The zero-order valence-corrected chi connectivity index (χ0v) is 37.2. The van der Waals surface area contributed by atoms with Crippen molar-refractivity contribution in [1.29, 1.82) is 0 Å². The molecule has 350 valence electrons. The molecule has 0 unspecified atom stereocenters. The minimum atomic E-state index is -1.35. The third-order valence-electron chi connectivity index (χ3n) is 10.8. The average molecular weight is 877 g/mol. The molecule has 0 bridgehead atoms. The van der Waals surface area contributed by atoms with Crippen molar-refractivity contribution < 1.29 is 54.8 Å². The first-order chi connectivity index (χ1) is 28.9. The van der Waals surface area contributed by atoms with Gasteiger partial charge in [0.15, 0.2) is 0 Å². The molecule has 2 amide bonds. The largest absolute Gasteiger partial charge is 0.491 e. The Balaban J connectivity index is 2.05. The van der Waals surface area contributed by atoms with E-state index in [1.54, 1.807) is 31.2 Å². The number of carbonyl (C=O) groups excluding carboxylic acids is 2. The molecule has 0 aliphatic heterocycles. The van der Waals surface area contributed by atoms with Gasteiger partial charge in [-0.3, -0.25) is 9.59 Å². The maximum absolute atomic E-state index is 12.4. The molecule has 15 heteroatoms. The van der Waals surface area contributed by atoms with Gasteiger partial charge >= 0.3 is 0 Å². The van der Waals surface area contributed by atoms with Crippen LogP contribution in [0.25, 0.3) is 0 Å². The van der Waals surface area contributed by atoms with Crippen LogP contribution in [-0.2, 0) is 14.3 Å². The Morgan fingerprint density at radius 3 is 1.80 bits per heavy atom. The summed E-state index contributed by atoms with van der Waals surface area (Å²) >= 11 is 6.40. The van der Waals surface area contributed by atoms with Gasteiger partial charge in [-0.1, -0.05) is 109 Å². The highest BCUT2D eigenvalue weighted by atomic mass is 35.5. The van der Waals surface area contributed by atoms with Gasteiger partial charge in [-0.05, 0) is 62.6 Å². The quantitative estimate of drug-likeness (QED) is 0.0319. The molecule has 1 aromatic rings. The van der Waals surface area contributed by atoms with Crippen molar-refractivity contribution in [3.8, 4) is 5.75 Å². The first-order valence-electron chi connectivity index (χ1n) is 22.8. The summed E-state index contributed by atoms with van der Waals surface area (Å²) in [5.74, 6) is -0.370. The predicted molar refractivity (Wildman–Crippen MR) is 236 cm³/mol. The number of carbonyl (C=O) groups is 2. The third kappa shape index (κ3) is 28.5. The standard InChI is InChI=1S/C45H82ClN3O11/c1-2-43(56)49-36(31-51)33-60-38-26-24-34(25-27-38)42(55)29-48-45(58)41(54)23-18-22-40(53)44(57)39(46)21-16-12-9-11-15-20-37(52)19-14-10-7-5-3-4-6-8-13-17-28-59-32-35(47)30-50/h24-27,35-37,39-42,44,50-55,57H,2-23,28-33,47H2,1H3,(H,48,58)(H,49,56)/t35-,36+,37-,39-,40+,41+,42+,44+/m1/s1. The molecular formula is C45H82ClN3O11. The lowest BCUT2D eigenvalue weighted by atomic mass is 9.98. The van der Waals surface area contributed by atoms with Crippen molar-refractivity contribution >= 4 is 23.4 Å². The van der Waals surface area contributed by atoms with Gasteiger partial charge in [0, 0.05) is 19.6 Å². The Bertz CT molecular complexity index is 1190. The number of aliphatic hydroxyl groups excluding tert-OH is 7. The number of halogens is 1. The van der Waals surface area contributed by atoms with E-state index in [0.717, 1.165) is 57.8 Å². The maximum atomic E-state index is 12.4. The van der Waals surface area contributed by atoms with Gasteiger partial charge in [0.1, 0.15) is 18.5 Å². The molecule has 60 heavy (non-hydrogen) atoms. The van der Waals surface area contributed by atoms with Crippen LogP contribution in [0.3, 0.4) is 0 Å².